The predicted molar refractivity (Wildman–Crippen MR) is 95.0 cm³/mol. The van der Waals surface area contributed by atoms with Crippen molar-refractivity contribution in [2.24, 2.45) is 5.92 Å². The molecule has 4 nitrogen and oxygen atoms in total. The van der Waals surface area contributed by atoms with Crippen LogP contribution in [0.3, 0.4) is 0 Å². The van der Waals surface area contributed by atoms with Gasteiger partial charge in [-0.3, -0.25) is 9.59 Å². The molecule has 3 rings (SSSR count). The number of carboxylic acid groups (broad SMARTS) is 1. The molecule has 0 aromatic heterocycles. The minimum atomic E-state index is -0.702. The molecule has 0 saturated heterocycles. The van der Waals surface area contributed by atoms with Crippen LogP contribution in [-0.4, -0.2) is 27.8 Å². The highest BCUT2D eigenvalue weighted by Crippen LogP contribution is 2.45. The summed E-state index contributed by atoms with van der Waals surface area (Å²) in [6, 6.07) is 10.3. The van der Waals surface area contributed by atoms with Crippen LogP contribution in [0.1, 0.15) is 51.4 Å². The number of hydrogen-bond acceptors (Lipinski definition) is 3. The largest absolute Gasteiger partial charge is 0.481 e. The van der Waals surface area contributed by atoms with Gasteiger partial charge in [-0.1, -0.05) is 31.0 Å². The van der Waals surface area contributed by atoms with Crippen LogP contribution in [0.4, 0.5) is 0 Å². The van der Waals surface area contributed by atoms with E-state index in [9.17, 15) is 9.59 Å². The van der Waals surface area contributed by atoms with Crippen LogP contribution in [0.15, 0.2) is 35.2 Å². The van der Waals surface area contributed by atoms with Crippen molar-refractivity contribution in [3.8, 4) is 0 Å². The SMILES string of the molecule is O=C(O)C1CCC(NC(=O)C2(Sc3ccccc3)CCCC2)CC1. The first kappa shape index (κ1) is 17.3. The molecule has 2 N–H and O–H groups in total. The monoisotopic (exact) mass is 347 g/mol. The van der Waals surface area contributed by atoms with Gasteiger partial charge >= 0.3 is 5.97 Å². The highest BCUT2D eigenvalue weighted by molar-refractivity contribution is 8.01. The van der Waals surface area contributed by atoms with Gasteiger partial charge in [-0.2, -0.15) is 0 Å². The lowest BCUT2D eigenvalue weighted by Gasteiger charge is -2.32. The van der Waals surface area contributed by atoms with Gasteiger partial charge in [0.1, 0.15) is 0 Å². The average Bonchev–Trinajstić information content (AvgIpc) is 3.06. The van der Waals surface area contributed by atoms with E-state index in [1.54, 1.807) is 11.8 Å². The van der Waals surface area contributed by atoms with Gasteiger partial charge < -0.3 is 10.4 Å². The third-order valence-corrected chi connectivity index (χ3v) is 6.79. The van der Waals surface area contributed by atoms with Crippen LogP contribution in [0.5, 0.6) is 0 Å². The van der Waals surface area contributed by atoms with Crippen LogP contribution < -0.4 is 5.32 Å². The van der Waals surface area contributed by atoms with Crippen molar-refractivity contribution in [2.45, 2.75) is 67.1 Å². The molecule has 130 valence electrons. The van der Waals surface area contributed by atoms with E-state index in [2.05, 4.69) is 17.4 Å². The van der Waals surface area contributed by atoms with Gasteiger partial charge in [-0.25, -0.2) is 0 Å². The molecule has 1 aromatic rings. The molecule has 1 amide bonds. The molecule has 2 fully saturated rings. The van der Waals surface area contributed by atoms with E-state index < -0.39 is 5.97 Å². The summed E-state index contributed by atoms with van der Waals surface area (Å²) in [4.78, 5) is 25.2. The van der Waals surface area contributed by atoms with Crippen LogP contribution in [0.2, 0.25) is 0 Å². The van der Waals surface area contributed by atoms with Gasteiger partial charge in [0.05, 0.1) is 10.7 Å². The second-order valence-corrected chi connectivity index (χ2v) is 8.43. The van der Waals surface area contributed by atoms with Crippen molar-refractivity contribution >= 4 is 23.6 Å². The summed E-state index contributed by atoms with van der Waals surface area (Å²) in [5, 5.41) is 12.3. The fourth-order valence-electron chi connectivity index (χ4n) is 3.84. The smallest absolute Gasteiger partial charge is 0.306 e. The summed E-state index contributed by atoms with van der Waals surface area (Å²) < 4.78 is -0.356. The van der Waals surface area contributed by atoms with Crippen LogP contribution in [0.25, 0.3) is 0 Å². The van der Waals surface area contributed by atoms with Crippen LogP contribution in [0, 0.1) is 5.92 Å². The molecule has 24 heavy (non-hydrogen) atoms. The molecule has 2 aliphatic carbocycles. The number of rotatable bonds is 5. The summed E-state index contributed by atoms with van der Waals surface area (Å²) >= 11 is 1.69. The number of carboxylic acids is 1. The van der Waals surface area contributed by atoms with Crippen LogP contribution in [-0.2, 0) is 9.59 Å². The summed E-state index contributed by atoms with van der Waals surface area (Å²) in [6.45, 7) is 0. The summed E-state index contributed by atoms with van der Waals surface area (Å²) in [6.07, 6.45) is 6.91. The maximum atomic E-state index is 13.0. The Hall–Kier alpha value is -1.49. The number of amides is 1. The van der Waals surface area contributed by atoms with E-state index in [1.807, 2.05) is 18.2 Å². The molecule has 5 heteroatoms. The Bertz CT molecular complexity index is 576. The fraction of sp³-hybridized carbons (Fsp3) is 0.579. The number of carbonyl (C=O) groups excluding carboxylic acids is 1. The zero-order chi connectivity index (χ0) is 17.0. The predicted octanol–water partition coefficient (Wildman–Crippen LogP) is 3.85. The lowest BCUT2D eigenvalue weighted by atomic mass is 9.86. The zero-order valence-corrected chi connectivity index (χ0v) is 14.7. The molecule has 0 atom stereocenters. The van der Waals surface area contributed by atoms with Crippen molar-refractivity contribution in [1.82, 2.24) is 5.32 Å². The van der Waals surface area contributed by atoms with Crippen LogP contribution >= 0.6 is 11.8 Å². The Labute approximate surface area is 147 Å². The normalized spacial score (nSPS) is 26.0. The quantitative estimate of drug-likeness (QED) is 0.849. The molecule has 0 heterocycles. The first-order valence-electron chi connectivity index (χ1n) is 8.87. The molecule has 2 aliphatic rings. The Morgan fingerprint density at radius 2 is 1.67 bits per heavy atom. The van der Waals surface area contributed by atoms with Gasteiger partial charge in [-0.15, -0.1) is 11.8 Å². The fourth-order valence-corrected chi connectivity index (χ4v) is 5.23. The molecule has 0 aliphatic heterocycles. The lowest BCUT2D eigenvalue weighted by Crippen LogP contribution is -2.48. The first-order chi connectivity index (χ1) is 11.6. The van der Waals surface area contributed by atoms with Gasteiger partial charge in [0, 0.05) is 10.9 Å². The van der Waals surface area contributed by atoms with Crippen molar-refractivity contribution < 1.29 is 14.7 Å². The topological polar surface area (TPSA) is 66.4 Å². The Morgan fingerprint density at radius 3 is 2.25 bits per heavy atom. The molecule has 0 radical (unpaired) electrons. The molecular formula is C19H25NO3S. The highest BCUT2D eigenvalue weighted by Gasteiger charge is 2.43. The molecular weight excluding hydrogens is 322 g/mol. The zero-order valence-electron chi connectivity index (χ0n) is 13.9. The Kier molecular flexibility index (Phi) is 5.49. The summed E-state index contributed by atoms with van der Waals surface area (Å²) in [5.41, 5.74) is 0. The number of hydrogen-bond donors (Lipinski definition) is 2. The van der Waals surface area contributed by atoms with Crippen molar-refractivity contribution in [3.63, 3.8) is 0 Å². The van der Waals surface area contributed by atoms with E-state index in [0.717, 1.165) is 43.4 Å². The Balaban J connectivity index is 1.62. The minimum absolute atomic E-state index is 0.127. The van der Waals surface area contributed by atoms with Gasteiger partial charge in [0.2, 0.25) is 5.91 Å². The second-order valence-electron chi connectivity index (χ2n) is 6.98. The Morgan fingerprint density at radius 1 is 1.04 bits per heavy atom. The number of nitrogens with one attached hydrogen (secondary N) is 1. The first-order valence-corrected chi connectivity index (χ1v) is 9.68. The van der Waals surface area contributed by atoms with Crippen molar-refractivity contribution in [2.75, 3.05) is 0 Å². The van der Waals surface area contributed by atoms with Gasteiger partial charge in [0.25, 0.3) is 0 Å². The van der Waals surface area contributed by atoms with Gasteiger partial charge in [-0.05, 0) is 50.7 Å². The summed E-state index contributed by atoms with van der Waals surface area (Å²) in [5.74, 6) is -0.795. The number of aliphatic carboxylic acids is 1. The van der Waals surface area contributed by atoms with E-state index in [1.165, 1.54) is 0 Å². The number of benzene rings is 1. The van der Waals surface area contributed by atoms with E-state index in [4.69, 9.17) is 5.11 Å². The van der Waals surface area contributed by atoms with Gasteiger partial charge in [0.15, 0.2) is 0 Å². The molecule has 1 aromatic carbocycles. The number of thioether (sulfide) groups is 1. The standard InChI is InChI=1S/C19H25NO3S/c21-17(22)14-8-10-15(11-9-14)20-18(23)19(12-4-5-13-19)24-16-6-2-1-3-7-16/h1-3,6-7,14-15H,4-5,8-13H2,(H,20,23)(H,21,22). The molecule has 2 saturated carbocycles. The van der Waals surface area contributed by atoms with E-state index >= 15 is 0 Å². The average molecular weight is 347 g/mol. The number of carbonyl (C=O) groups is 2. The summed E-state index contributed by atoms with van der Waals surface area (Å²) in [7, 11) is 0. The lowest BCUT2D eigenvalue weighted by molar-refractivity contribution is -0.142. The molecule has 0 bridgehead atoms. The maximum absolute atomic E-state index is 13.0. The molecule has 0 spiro atoms. The third kappa shape index (κ3) is 3.94. The third-order valence-electron chi connectivity index (χ3n) is 5.29. The van der Waals surface area contributed by atoms with E-state index in [-0.39, 0.29) is 22.6 Å². The van der Waals surface area contributed by atoms with Crippen molar-refractivity contribution in [3.05, 3.63) is 30.3 Å². The van der Waals surface area contributed by atoms with Crippen molar-refractivity contribution in [1.29, 1.82) is 0 Å². The van der Waals surface area contributed by atoms with E-state index in [0.29, 0.717) is 12.8 Å². The highest BCUT2D eigenvalue weighted by atomic mass is 32.2. The maximum Gasteiger partial charge on any atom is 0.306 e. The second kappa shape index (κ2) is 7.60. The molecule has 0 unspecified atom stereocenters. The minimum Gasteiger partial charge on any atom is -0.481 e.